The lowest BCUT2D eigenvalue weighted by molar-refractivity contribution is 0.598. The van der Waals surface area contributed by atoms with Crippen LogP contribution >= 0.6 is 0 Å². The van der Waals surface area contributed by atoms with Crippen molar-refractivity contribution in [3.8, 4) is 0 Å². The summed E-state index contributed by atoms with van der Waals surface area (Å²) in [5.74, 6) is 0. The van der Waals surface area contributed by atoms with Crippen LogP contribution in [0.4, 0.5) is 0 Å². The van der Waals surface area contributed by atoms with Crippen LogP contribution in [0.3, 0.4) is 0 Å². The van der Waals surface area contributed by atoms with E-state index in [0.717, 1.165) is 5.56 Å². The maximum Gasteiger partial charge on any atom is 0.114 e. The molecule has 0 aliphatic rings. The van der Waals surface area contributed by atoms with E-state index in [1.54, 1.807) is 12.1 Å². The molecule has 0 fully saturated rings. The molecule has 60 valence electrons. The van der Waals surface area contributed by atoms with Gasteiger partial charge in [-0.05, 0) is 5.41 Å². The summed E-state index contributed by atoms with van der Waals surface area (Å²) in [5.41, 5.74) is 2.78. The summed E-state index contributed by atoms with van der Waals surface area (Å²) in [4.78, 5) is 0. The normalized spacial score (nSPS) is 11.6. The average molecular weight is 164 g/mol. The molecular formula is C10H11B3. The smallest absolute Gasteiger partial charge is 0.103 e. The van der Waals surface area contributed by atoms with Crippen LogP contribution in [0.25, 0.3) is 0 Å². The minimum absolute atomic E-state index is 0.0659. The predicted molar refractivity (Wildman–Crippen MR) is 61.3 cm³/mol. The Labute approximate surface area is 84.3 Å². The average Bonchev–Trinajstić information content (AvgIpc) is 1.95. The predicted octanol–water partition coefficient (Wildman–Crippen LogP) is -0.635. The summed E-state index contributed by atoms with van der Waals surface area (Å²) in [6, 6.07) is 3.53. The molecule has 0 N–H and O–H groups in total. The van der Waals surface area contributed by atoms with Gasteiger partial charge in [0.1, 0.15) is 23.5 Å². The molecule has 0 unspecified atom stereocenters. The van der Waals surface area contributed by atoms with Crippen molar-refractivity contribution in [2.75, 3.05) is 0 Å². The van der Waals surface area contributed by atoms with Crippen molar-refractivity contribution >= 4 is 39.9 Å². The lowest BCUT2D eigenvalue weighted by atomic mass is 9.66. The lowest BCUT2D eigenvalue weighted by Gasteiger charge is -2.26. The van der Waals surface area contributed by atoms with E-state index in [1.165, 1.54) is 0 Å². The summed E-state index contributed by atoms with van der Waals surface area (Å²) in [7, 11) is 17.4. The fourth-order valence-corrected chi connectivity index (χ4v) is 1.49. The Kier molecular flexibility index (Phi) is 2.65. The Hall–Kier alpha value is -0.585. The number of hydrogen-bond donors (Lipinski definition) is 0. The summed E-state index contributed by atoms with van der Waals surface area (Å²) in [6.07, 6.45) is 0. The molecule has 0 saturated heterocycles. The van der Waals surface area contributed by atoms with Crippen molar-refractivity contribution in [3.63, 3.8) is 0 Å². The Balaban J connectivity index is 3.43. The molecule has 0 aliphatic carbocycles. The van der Waals surface area contributed by atoms with Crippen molar-refractivity contribution in [1.29, 1.82) is 0 Å². The van der Waals surface area contributed by atoms with Gasteiger partial charge in [0.2, 0.25) is 0 Å². The highest BCUT2D eigenvalue weighted by Gasteiger charge is 2.18. The first-order chi connectivity index (χ1) is 5.84. The summed E-state index contributed by atoms with van der Waals surface area (Å²) >= 11 is 0. The SMILES string of the molecule is [B]c1ccc([B])c(C(C)(C)C)c1[B]. The van der Waals surface area contributed by atoms with Gasteiger partial charge in [0.15, 0.2) is 0 Å². The second kappa shape index (κ2) is 3.28. The molecule has 0 amide bonds. The highest BCUT2D eigenvalue weighted by atomic mass is 14.2. The Morgan fingerprint density at radius 3 is 1.77 bits per heavy atom. The third kappa shape index (κ3) is 2.01. The second-order valence-corrected chi connectivity index (χ2v) is 4.28. The van der Waals surface area contributed by atoms with Crippen LogP contribution in [-0.4, -0.2) is 23.5 Å². The molecule has 1 rings (SSSR count). The minimum atomic E-state index is -0.0659. The summed E-state index contributed by atoms with van der Waals surface area (Å²) in [6.45, 7) is 6.19. The van der Waals surface area contributed by atoms with Gasteiger partial charge in [-0.1, -0.05) is 43.9 Å². The van der Waals surface area contributed by atoms with Crippen molar-refractivity contribution in [3.05, 3.63) is 17.7 Å². The van der Waals surface area contributed by atoms with Gasteiger partial charge < -0.3 is 0 Å². The van der Waals surface area contributed by atoms with E-state index >= 15 is 0 Å². The highest BCUT2D eigenvalue weighted by Crippen LogP contribution is 2.16. The maximum absolute atomic E-state index is 5.86. The molecule has 1 aromatic rings. The third-order valence-corrected chi connectivity index (χ3v) is 2.06. The van der Waals surface area contributed by atoms with Gasteiger partial charge in [0, 0.05) is 0 Å². The summed E-state index contributed by atoms with van der Waals surface area (Å²) < 4.78 is 0. The van der Waals surface area contributed by atoms with Crippen molar-refractivity contribution in [2.45, 2.75) is 26.2 Å². The lowest BCUT2D eigenvalue weighted by Crippen LogP contribution is -2.40. The van der Waals surface area contributed by atoms with E-state index in [0.29, 0.717) is 16.4 Å². The molecule has 3 heteroatoms. The van der Waals surface area contributed by atoms with Crippen LogP contribution in [0.1, 0.15) is 26.3 Å². The van der Waals surface area contributed by atoms with Crippen LogP contribution in [-0.2, 0) is 5.41 Å². The Morgan fingerprint density at radius 1 is 0.923 bits per heavy atom. The van der Waals surface area contributed by atoms with Crippen LogP contribution < -0.4 is 16.4 Å². The Bertz CT molecular complexity index is 324. The largest absolute Gasteiger partial charge is 0.114 e. The quantitative estimate of drug-likeness (QED) is 0.447. The van der Waals surface area contributed by atoms with Gasteiger partial charge in [-0.15, -0.1) is 10.9 Å². The van der Waals surface area contributed by atoms with Gasteiger partial charge in [-0.25, -0.2) is 0 Å². The van der Waals surface area contributed by atoms with Crippen LogP contribution in [0.5, 0.6) is 0 Å². The van der Waals surface area contributed by atoms with Gasteiger partial charge >= 0.3 is 0 Å². The van der Waals surface area contributed by atoms with Crippen molar-refractivity contribution in [1.82, 2.24) is 0 Å². The molecule has 0 heterocycles. The third-order valence-electron chi connectivity index (χ3n) is 2.06. The molecule has 0 nitrogen and oxygen atoms in total. The number of hydrogen-bond acceptors (Lipinski definition) is 0. The molecule has 0 atom stereocenters. The highest BCUT2D eigenvalue weighted by molar-refractivity contribution is 6.51. The maximum atomic E-state index is 5.86. The molecule has 6 radical (unpaired) electrons. The van der Waals surface area contributed by atoms with E-state index in [4.69, 9.17) is 23.5 Å². The minimum Gasteiger partial charge on any atom is -0.103 e. The topological polar surface area (TPSA) is 0 Å². The first-order valence-corrected chi connectivity index (χ1v) is 4.28. The number of rotatable bonds is 0. The first-order valence-electron chi connectivity index (χ1n) is 4.28. The standard InChI is InChI=1S/C10H11B3/c1-10(2,3)8-6(11)4-5-7(12)9(8)13/h4-5H,1-3H3. The molecule has 0 aromatic heterocycles. The van der Waals surface area contributed by atoms with Crippen molar-refractivity contribution < 1.29 is 0 Å². The zero-order valence-corrected chi connectivity index (χ0v) is 8.39. The monoisotopic (exact) mass is 164 g/mol. The van der Waals surface area contributed by atoms with Crippen LogP contribution in [0.15, 0.2) is 12.1 Å². The molecule has 0 bridgehead atoms. The Morgan fingerprint density at radius 2 is 1.38 bits per heavy atom. The molecule has 1 aromatic carbocycles. The summed E-state index contributed by atoms with van der Waals surface area (Å²) in [5, 5.41) is 0. The van der Waals surface area contributed by atoms with Gasteiger partial charge in [-0.3, -0.25) is 0 Å². The van der Waals surface area contributed by atoms with Gasteiger partial charge in [0.05, 0.1) is 0 Å². The second-order valence-electron chi connectivity index (χ2n) is 4.28. The number of benzene rings is 1. The molecule has 0 saturated carbocycles. The molecule has 0 aliphatic heterocycles. The van der Waals surface area contributed by atoms with Crippen LogP contribution in [0.2, 0.25) is 0 Å². The molecule has 13 heavy (non-hydrogen) atoms. The van der Waals surface area contributed by atoms with Crippen LogP contribution in [0, 0.1) is 0 Å². The van der Waals surface area contributed by atoms with E-state index in [9.17, 15) is 0 Å². The zero-order valence-electron chi connectivity index (χ0n) is 8.39. The molecule has 0 spiro atoms. The van der Waals surface area contributed by atoms with Gasteiger partial charge in [0.25, 0.3) is 0 Å². The fraction of sp³-hybridized carbons (Fsp3) is 0.400. The van der Waals surface area contributed by atoms with Crippen molar-refractivity contribution in [2.24, 2.45) is 0 Å². The molecular weight excluding hydrogens is 153 g/mol. The van der Waals surface area contributed by atoms with E-state index in [-0.39, 0.29) is 5.41 Å². The van der Waals surface area contributed by atoms with Gasteiger partial charge in [-0.2, -0.15) is 0 Å². The van der Waals surface area contributed by atoms with E-state index in [1.807, 2.05) is 0 Å². The zero-order chi connectivity index (χ0) is 10.2. The first kappa shape index (κ1) is 10.5. The van der Waals surface area contributed by atoms with E-state index < -0.39 is 0 Å². The van der Waals surface area contributed by atoms with E-state index in [2.05, 4.69) is 20.8 Å². The fourth-order valence-electron chi connectivity index (χ4n) is 1.49.